The van der Waals surface area contributed by atoms with Gasteiger partial charge in [0.05, 0.1) is 18.3 Å². The SMILES string of the molecule is COc1ccc(Cl)cc1NC(=O)[C@@H](C)Oc1ccc2c(c1)[nH]c1ccccc12. The molecule has 0 bridgehead atoms. The maximum atomic E-state index is 12.6. The summed E-state index contributed by atoms with van der Waals surface area (Å²) in [4.78, 5) is 15.9. The van der Waals surface area contributed by atoms with E-state index < -0.39 is 6.10 Å². The Labute approximate surface area is 167 Å². The number of anilines is 1. The molecule has 0 aliphatic heterocycles. The first kappa shape index (κ1) is 18.2. The third-order valence-corrected chi connectivity index (χ3v) is 4.81. The number of aromatic nitrogens is 1. The van der Waals surface area contributed by atoms with Gasteiger partial charge < -0.3 is 19.8 Å². The molecule has 28 heavy (non-hydrogen) atoms. The Kier molecular flexibility index (Phi) is 4.84. The van der Waals surface area contributed by atoms with Crippen LogP contribution in [0.5, 0.6) is 11.5 Å². The highest BCUT2D eigenvalue weighted by Crippen LogP contribution is 2.30. The van der Waals surface area contributed by atoms with E-state index in [9.17, 15) is 4.79 Å². The van der Waals surface area contributed by atoms with Gasteiger partial charge >= 0.3 is 0 Å². The number of H-pyrrole nitrogens is 1. The Hall–Kier alpha value is -3.18. The molecule has 0 radical (unpaired) electrons. The lowest BCUT2D eigenvalue weighted by Gasteiger charge is -2.16. The number of methoxy groups -OCH3 is 1. The minimum Gasteiger partial charge on any atom is -0.495 e. The van der Waals surface area contributed by atoms with Crippen molar-refractivity contribution in [1.29, 1.82) is 0 Å². The van der Waals surface area contributed by atoms with E-state index in [0.29, 0.717) is 22.2 Å². The normalized spacial score (nSPS) is 12.1. The number of aromatic amines is 1. The highest BCUT2D eigenvalue weighted by atomic mass is 35.5. The van der Waals surface area contributed by atoms with Crippen molar-refractivity contribution in [3.63, 3.8) is 0 Å². The number of hydrogen-bond donors (Lipinski definition) is 2. The van der Waals surface area contributed by atoms with E-state index in [2.05, 4.69) is 16.4 Å². The zero-order valence-corrected chi connectivity index (χ0v) is 16.2. The molecule has 0 unspecified atom stereocenters. The number of fused-ring (bicyclic) bond motifs is 3. The van der Waals surface area contributed by atoms with Crippen molar-refractivity contribution in [2.45, 2.75) is 13.0 Å². The second-order valence-electron chi connectivity index (χ2n) is 6.47. The van der Waals surface area contributed by atoms with Gasteiger partial charge in [-0.15, -0.1) is 0 Å². The third kappa shape index (κ3) is 3.49. The fourth-order valence-corrected chi connectivity index (χ4v) is 3.35. The second-order valence-corrected chi connectivity index (χ2v) is 6.91. The van der Waals surface area contributed by atoms with E-state index in [1.807, 2.05) is 36.4 Å². The zero-order valence-electron chi connectivity index (χ0n) is 15.5. The minimum atomic E-state index is -0.703. The smallest absolute Gasteiger partial charge is 0.265 e. The van der Waals surface area contributed by atoms with Crippen molar-refractivity contribution >= 4 is 45.0 Å². The monoisotopic (exact) mass is 394 g/mol. The molecule has 4 aromatic rings. The lowest BCUT2D eigenvalue weighted by Crippen LogP contribution is -2.30. The van der Waals surface area contributed by atoms with Crippen LogP contribution in [-0.4, -0.2) is 24.1 Å². The van der Waals surface area contributed by atoms with Crippen molar-refractivity contribution in [2.75, 3.05) is 12.4 Å². The summed E-state index contributed by atoms with van der Waals surface area (Å²) in [6.45, 7) is 1.70. The first-order valence-corrected chi connectivity index (χ1v) is 9.24. The fourth-order valence-electron chi connectivity index (χ4n) is 3.18. The summed E-state index contributed by atoms with van der Waals surface area (Å²) < 4.78 is 11.1. The number of para-hydroxylation sites is 1. The number of benzene rings is 3. The quantitative estimate of drug-likeness (QED) is 0.477. The van der Waals surface area contributed by atoms with Gasteiger partial charge in [0, 0.05) is 27.4 Å². The van der Waals surface area contributed by atoms with Gasteiger partial charge in [-0.25, -0.2) is 0 Å². The Morgan fingerprint density at radius 1 is 1.04 bits per heavy atom. The Balaban J connectivity index is 1.53. The molecule has 0 aliphatic rings. The van der Waals surface area contributed by atoms with E-state index in [0.717, 1.165) is 21.8 Å². The summed E-state index contributed by atoms with van der Waals surface area (Å²) in [6.07, 6.45) is -0.703. The molecule has 1 heterocycles. The topological polar surface area (TPSA) is 63.4 Å². The Morgan fingerprint density at radius 3 is 2.64 bits per heavy atom. The van der Waals surface area contributed by atoms with Crippen LogP contribution in [-0.2, 0) is 4.79 Å². The van der Waals surface area contributed by atoms with Gasteiger partial charge in [-0.1, -0.05) is 29.8 Å². The molecular weight excluding hydrogens is 376 g/mol. The lowest BCUT2D eigenvalue weighted by molar-refractivity contribution is -0.122. The van der Waals surface area contributed by atoms with Crippen LogP contribution >= 0.6 is 11.6 Å². The summed E-state index contributed by atoms with van der Waals surface area (Å²) in [5, 5.41) is 5.58. The van der Waals surface area contributed by atoms with Gasteiger partial charge in [0.15, 0.2) is 6.10 Å². The average molecular weight is 395 g/mol. The molecule has 1 atom stereocenters. The van der Waals surface area contributed by atoms with Crippen molar-refractivity contribution in [3.05, 3.63) is 65.7 Å². The van der Waals surface area contributed by atoms with Crippen LogP contribution in [0.1, 0.15) is 6.92 Å². The largest absolute Gasteiger partial charge is 0.495 e. The molecule has 0 saturated heterocycles. The summed E-state index contributed by atoms with van der Waals surface area (Å²) in [5.41, 5.74) is 2.53. The fraction of sp³-hybridized carbons (Fsp3) is 0.136. The summed E-state index contributed by atoms with van der Waals surface area (Å²) in [6, 6.07) is 18.9. The number of hydrogen-bond acceptors (Lipinski definition) is 3. The predicted octanol–water partition coefficient (Wildman–Crippen LogP) is 5.39. The number of carbonyl (C=O) groups excluding carboxylic acids is 1. The number of amides is 1. The zero-order chi connectivity index (χ0) is 19.7. The highest BCUT2D eigenvalue weighted by molar-refractivity contribution is 6.31. The molecule has 0 saturated carbocycles. The van der Waals surface area contributed by atoms with E-state index >= 15 is 0 Å². The summed E-state index contributed by atoms with van der Waals surface area (Å²) in [5.74, 6) is 0.849. The Bertz CT molecular complexity index is 1170. The number of nitrogens with one attached hydrogen (secondary N) is 2. The predicted molar refractivity (Wildman–Crippen MR) is 113 cm³/mol. The molecule has 1 aromatic heterocycles. The number of ether oxygens (including phenoxy) is 2. The standard InChI is InChI=1S/C22H19ClN2O3/c1-13(22(26)25-20-11-14(23)7-10-21(20)27-2)28-15-8-9-17-16-5-3-4-6-18(16)24-19(17)12-15/h3-13,24H,1-2H3,(H,25,26)/t13-/m1/s1. The molecule has 6 heteroatoms. The molecular formula is C22H19ClN2O3. The van der Waals surface area contributed by atoms with Crippen LogP contribution in [0, 0.1) is 0 Å². The molecule has 2 N–H and O–H groups in total. The number of rotatable bonds is 5. The minimum absolute atomic E-state index is 0.294. The third-order valence-electron chi connectivity index (χ3n) is 4.58. The van der Waals surface area contributed by atoms with Crippen molar-refractivity contribution < 1.29 is 14.3 Å². The van der Waals surface area contributed by atoms with Gasteiger partial charge in [0.1, 0.15) is 11.5 Å². The first-order valence-electron chi connectivity index (χ1n) is 8.86. The van der Waals surface area contributed by atoms with Crippen molar-refractivity contribution in [2.24, 2.45) is 0 Å². The van der Waals surface area contributed by atoms with Crippen LogP contribution in [0.4, 0.5) is 5.69 Å². The van der Waals surface area contributed by atoms with Gasteiger partial charge in [-0.05, 0) is 43.3 Å². The van der Waals surface area contributed by atoms with Gasteiger partial charge in [0.2, 0.25) is 0 Å². The van der Waals surface area contributed by atoms with Gasteiger partial charge in [-0.2, -0.15) is 0 Å². The van der Waals surface area contributed by atoms with Crippen molar-refractivity contribution in [1.82, 2.24) is 4.98 Å². The van der Waals surface area contributed by atoms with Gasteiger partial charge in [0.25, 0.3) is 5.91 Å². The first-order chi connectivity index (χ1) is 13.5. The maximum absolute atomic E-state index is 12.6. The van der Waals surface area contributed by atoms with Crippen LogP contribution in [0.3, 0.4) is 0 Å². The molecule has 4 rings (SSSR count). The highest BCUT2D eigenvalue weighted by Gasteiger charge is 2.17. The average Bonchev–Trinajstić information content (AvgIpc) is 3.06. The van der Waals surface area contributed by atoms with E-state index in [-0.39, 0.29) is 5.91 Å². The van der Waals surface area contributed by atoms with E-state index in [4.69, 9.17) is 21.1 Å². The number of halogens is 1. The second kappa shape index (κ2) is 7.44. The van der Waals surface area contributed by atoms with E-state index in [1.165, 1.54) is 7.11 Å². The summed E-state index contributed by atoms with van der Waals surface area (Å²) in [7, 11) is 1.54. The molecule has 5 nitrogen and oxygen atoms in total. The molecule has 0 fully saturated rings. The number of carbonyl (C=O) groups is 1. The van der Waals surface area contributed by atoms with Crippen LogP contribution < -0.4 is 14.8 Å². The maximum Gasteiger partial charge on any atom is 0.265 e. The van der Waals surface area contributed by atoms with Crippen molar-refractivity contribution in [3.8, 4) is 11.5 Å². The molecule has 3 aromatic carbocycles. The molecule has 142 valence electrons. The molecule has 0 spiro atoms. The van der Waals surface area contributed by atoms with Gasteiger partial charge in [-0.3, -0.25) is 4.79 Å². The molecule has 1 amide bonds. The van der Waals surface area contributed by atoms with Crippen LogP contribution in [0.25, 0.3) is 21.8 Å². The lowest BCUT2D eigenvalue weighted by atomic mass is 10.1. The Morgan fingerprint density at radius 2 is 1.82 bits per heavy atom. The molecule has 0 aliphatic carbocycles. The van der Waals surface area contributed by atoms with Crippen LogP contribution in [0.15, 0.2) is 60.7 Å². The van der Waals surface area contributed by atoms with E-state index in [1.54, 1.807) is 25.1 Å². The summed E-state index contributed by atoms with van der Waals surface area (Å²) >= 11 is 6.01. The van der Waals surface area contributed by atoms with Crippen LogP contribution in [0.2, 0.25) is 5.02 Å².